The summed E-state index contributed by atoms with van der Waals surface area (Å²) >= 11 is 4.83. The average molecular weight is 1650 g/mol. The minimum atomic E-state index is -5.34. The first kappa shape index (κ1) is 104. The van der Waals surface area contributed by atoms with E-state index in [1.807, 2.05) is 63.2 Å². The monoisotopic (exact) mass is 1640 g/mol. The lowest BCUT2D eigenvalue weighted by Gasteiger charge is -2.18. The summed E-state index contributed by atoms with van der Waals surface area (Å²) in [6.45, 7) is 11.1. The molecule has 0 aliphatic heterocycles. The summed E-state index contributed by atoms with van der Waals surface area (Å²) in [6.07, 6.45) is -11.1. The molecule has 18 nitrogen and oxygen atoms in total. The summed E-state index contributed by atoms with van der Waals surface area (Å²) < 4.78 is 223. The number of methoxy groups -OCH3 is 2. The predicted octanol–water partition coefficient (Wildman–Crippen LogP) is 19.2. The number of alkyl halides is 12. The van der Waals surface area contributed by atoms with Crippen LogP contribution in [-0.4, -0.2) is 153 Å². The maximum Gasteiger partial charge on any atom is 0.523 e. The summed E-state index contributed by atoms with van der Waals surface area (Å²) in [5, 5.41) is 18.1. The van der Waals surface area contributed by atoms with Crippen molar-refractivity contribution in [1.29, 1.82) is 0 Å². The number of benzene rings is 6. The summed E-state index contributed by atoms with van der Waals surface area (Å²) in [5.74, 6) is 3.38. The molecule has 0 spiro atoms. The number of aliphatic hydroxyl groups excluding tert-OH is 1. The van der Waals surface area contributed by atoms with Crippen LogP contribution in [-0.2, 0) is 66.2 Å². The molecule has 6 aromatic rings. The molecular weight excluding hydrogens is 1550 g/mol. The van der Waals surface area contributed by atoms with Crippen LogP contribution in [0.15, 0.2) is 142 Å². The fraction of sp³-hybridized carbons (Fsp3) is 0.480. The van der Waals surface area contributed by atoms with Gasteiger partial charge in [-0.05, 0) is 198 Å². The number of hydrogen-bond acceptors (Lipinski definition) is 20. The van der Waals surface area contributed by atoms with Gasteiger partial charge in [-0.25, -0.2) is 14.4 Å². The molecule has 0 amide bonds. The van der Waals surface area contributed by atoms with Crippen molar-refractivity contribution in [3.05, 3.63) is 161 Å². The van der Waals surface area contributed by atoms with Crippen molar-refractivity contribution in [3.63, 3.8) is 0 Å². The molecule has 0 saturated heterocycles. The average Bonchev–Trinajstić information content (AvgIpc) is 0.859. The molecule has 0 fully saturated rings. The Hall–Kier alpha value is -7.47. The standard InChI is InChI=1S/C24H29F3O5S.C23H27F3O5S.C22H25F3O5S.C2H3F3O3S.4CH4/c1-4-30-23(28)15-32-22-10-9-21(13-17(22)2)33-16-18(11-12-29-3)14-31-20-7-5-19(6-8-20)24(25,26)27;1-3-29-22(28)14-31-21-9-8-20(12-16(21)2)32-15-17(10-11-27)13-30-19-6-4-18(5-7-19)23(24,25)26;1-15-11-19(7-8-20(15)30-13-21(26)27)31-14-16(9-10-28-2)12-29-18-5-3-17(4-6-18)22(23,24)25;1-8-9(6,7)2(3,4)5;;;;/h5-10,13,18H,4,11-12,14-16H2,1-3H3;4-9,12,17,27H,3,10-11,13-15H2,1-2H3;3-8,11,16H,9-10,12-14H2,1-2H3,(H,26,27);1H3;4*1H4. The second-order valence-corrected chi connectivity index (χ2v) is 27.3. The Kier molecular flexibility index (Phi) is 50.0. The zero-order valence-electron chi connectivity index (χ0n) is 58.5. The maximum atomic E-state index is 12.7. The number of aliphatic hydroxyl groups is 1. The molecule has 0 bridgehead atoms. The van der Waals surface area contributed by atoms with Gasteiger partial charge >= 0.3 is 52.1 Å². The molecule has 0 radical (unpaired) electrons. The van der Waals surface area contributed by atoms with Crippen LogP contribution in [0.3, 0.4) is 0 Å². The van der Waals surface area contributed by atoms with Crippen molar-refractivity contribution >= 4 is 63.3 Å². The second-order valence-electron chi connectivity index (χ2n) is 22.3. The number of ether oxygens (including phenoxy) is 10. The number of hydrogen-bond donors (Lipinski definition) is 2. The van der Waals surface area contributed by atoms with Crippen LogP contribution in [0, 0.1) is 38.5 Å². The van der Waals surface area contributed by atoms with E-state index in [1.54, 1.807) is 75.5 Å². The summed E-state index contributed by atoms with van der Waals surface area (Å²) in [6, 6.07) is 30.8. The molecule has 109 heavy (non-hydrogen) atoms. The van der Waals surface area contributed by atoms with E-state index in [2.05, 4.69) is 4.18 Å². The van der Waals surface area contributed by atoms with Crippen LogP contribution in [0.1, 0.15) is 96.2 Å². The minimum absolute atomic E-state index is 0. The Morgan fingerprint density at radius 3 is 0.936 bits per heavy atom. The first-order valence-corrected chi connectivity index (χ1v) is 36.3. The highest BCUT2D eigenvalue weighted by Crippen LogP contribution is 2.36. The van der Waals surface area contributed by atoms with Crippen molar-refractivity contribution in [3.8, 4) is 34.5 Å². The number of rotatable bonds is 38. The molecule has 0 heterocycles. The summed E-state index contributed by atoms with van der Waals surface area (Å²) in [4.78, 5) is 36.5. The lowest BCUT2D eigenvalue weighted by molar-refractivity contribution is -0.146. The Bertz CT molecular complexity index is 3640. The molecule has 0 saturated carbocycles. The number of carboxylic acid groups (broad SMARTS) is 1. The molecule has 2 N–H and O–H groups in total. The van der Waals surface area contributed by atoms with Crippen LogP contribution < -0.4 is 28.4 Å². The van der Waals surface area contributed by atoms with Gasteiger partial charge < -0.3 is 57.6 Å². The number of carbonyl (C=O) groups is 3. The molecule has 3 atom stereocenters. The highest BCUT2D eigenvalue weighted by Gasteiger charge is 2.46. The molecular formula is C75H100F12O18S4. The second kappa shape index (κ2) is 52.7. The lowest BCUT2D eigenvalue weighted by Crippen LogP contribution is -2.23. The third kappa shape index (κ3) is 41.4. The Morgan fingerprint density at radius 2 is 0.716 bits per heavy atom. The predicted molar refractivity (Wildman–Crippen MR) is 398 cm³/mol. The van der Waals surface area contributed by atoms with Crippen molar-refractivity contribution < 1.29 is 137 Å². The lowest BCUT2D eigenvalue weighted by atomic mass is 10.1. The molecule has 3 unspecified atom stereocenters. The largest absolute Gasteiger partial charge is 0.523 e. The maximum absolute atomic E-state index is 12.7. The normalized spacial score (nSPS) is 12.0. The molecule has 34 heteroatoms. The van der Waals surface area contributed by atoms with Gasteiger partial charge in [-0.3, -0.25) is 4.18 Å². The van der Waals surface area contributed by atoms with Gasteiger partial charge in [-0.15, -0.1) is 35.3 Å². The van der Waals surface area contributed by atoms with Gasteiger partial charge in [-0.2, -0.15) is 61.1 Å². The number of aryl methyl sites for hydroxylation is 3. The third-order valence-corrected chi connectivity index (χ3v) is 18.7. The number of carbonyl (C=O) groups excluding carboxylic acids is 2. The van der Waals surface area contributed by atoms with Crippen LogP contribution >= 0.6 is 35.3 Å². The Labute approximate surface area is 644 Å². The summed E-state index contributed by atoms with van der Waals surface area (Å²) in [5.41, 5.74) is -4.83. The molecule has 6 rings (SSSR count). The molecule has 0 aromatic heterocycles. The van der Waals surface area contributed by atoms with Gasteiger partial charge in [0.05, 0.1) is 56.8 Å². The van der Waals surface area contributed by atoms with E-state index in [-0.39, 0.29) is 73.9 Å². The van der Waals surface area contributed by atoms with Crippen molar-refractivity contribution in [2.75, 3.05) is 111 Å². The highest BCUT2D eigenvalue weighted by molar-refractivity contribution is 7.99. The zero-order chi connectivity index (χ0) is 78.4. The fourth-order valence-electron chi connectivity index (χ4n) is 8.43. The molecule has 0 aliphatic rings. The first-order valence-electron chi connectivity index (χ1n) is 31.9. The third-order valence-electron chi connectivity index (χ3n) is 14.1. The summed E-state index contributed by atoms with van der Waals surface area (Å²) in [7, 11) is -1.65. The molecule has 6 aromatic carbocycles. The van der Waals surface area contributed by atoms with Crippen molar-refractivity contribution in [1.82, 2.24) is 0 Å². The minimum Gasteiger partial charge on any atom is -0.493 e. The van der Waals surface area contributed by atoms with E-state index < -0.39 is 75.4 Å². The van der Waals surface area contributed by atoms with E-state index in [1.165, 1.54) is 36.4 Å². The number of thioether (sulfide) groups is 3. The van der Waals surface area contributed by atoms with E-state index in [4.69, 9.17) is 52.5 Å². The van der Waals surface area contributed by atoms with Gasteiger partial charge in [0.25, 0.3) is 0 Å². The number of halogens is 12. The Balaban J connectivity index is 0. The van der Waals surface area contributed by atoms with Crippen LogP contribution in [0.5, 0.6) is 34.5 Å². The van der Waals surface area contributed by atoms with Crippen molar-refractivity contribution in [2.24, 2.45) is 17.8 Å². The van der Waals surface area contributed by atoms with Gasteiger partial charge in [0.15, 0.2) is 19.8 Å². The zero-order valence-corrected chi connectivity index (χ0v) is 61.7. The van der Waals surface area contributed by atoms with Gasteiger partial charge in [0.2, 0.25) is 0 Å². The quantitative estimate of drug-likeness (QED) is 0.0121. The van der Waals surface area contributed by atoms with E-state index >= 15 is 0 Å². The van der Waals surface area contributed by atoms with Gasteiger partial charge in [-0.1, -0.05) is 29.7 Å². The molecule has 0 aliphatic carbocycles. The van der Waals surface area contributed by atoms with E-state index in [0.717, 1.165) is 92.1 Å². The smallest absolute Gasteiger partial charge is 0.493 e. The van der Waals surface area contributed by atoms with Gasteiger partial charge in [0, 0.05) is 83.7 Å². The first-order chi connectivity index (χ1) is 49.4. The molecule has 616 valence electrons. The van der Waals surface area contributed by atoms with E-state index in [9.17, 15) is 80.6 Å². The van der Waals surface area contributed by atoms with Crippen LogP contribution in [0.4, 0.5) is 52.7 Å². The number of esters is 2. The number of carboxylic acids is 1. The topological polar surface area (TPSA) is 227 Å². The fourth-order valence-corrected chi connectivity index (χ4v) is 12.0. The Morgan fingerprint density at radius 1 is 0.431 bits per heavy atom. The van der Waals surface area contributed by atoms with Crippen molar-refractivity contribution in [2.45, 2.75) is 122 Å². The number of aliphatic carboxylic acids is 1. The van der Waals surface area contributed by atoms with Gasteiger partial charge in [0.1, 0.15) is 34.5 Å². The SMILES string of the molecule is C.C.C.C.CCOC(=O)COc1ccc(SCC(CCO)COc2ccc(C(F)(F)F)cc2)cc1C.CCOC(=O)COc1ccc(SCC(CCOC)COc2ccc(C(F)(F)F)cc2)cc1C.COCCC(COc1ccc(C(F)(F)F)cc1)CSc1ccc(OCC(=O)O)c(C)c1.COS(=O)(=O)C(F)(F)F. The van der Waals surface area contributed by atoms with E-state index in [0.29, 0.717) is 93.4 Å². The van der Waals surface area contributed by atoms with Crippen LogP contribution in [0.25, 0.3) is 0 Å². The van der Waals surface area contributed by atoms with Crippen LogP contribution in [0.2, 0.25) is 0 Å². The highest BCUT2D eigenvalue weighted by atomic mass is 32.2.